The van der Waals surface area contributed by atoms with Crippen LogP contribution in [0.3, 0.4) is 0 Å². The summed E-state index contributed by atoms with van der Waals surface area (Å²) < 4.78 is 13.1. The lowest BCUT2D eigenvalue weighted by molar-refractivity contribution is 0.132. The number of nitrogens with one attached hydrogen (secondary N) is 1. The third-order valence-corrected chi connectivity index (χ3v) is 3.69. The highest BCUT2D eigenvalue weighted by atomic mass is 19.1. The third kappa shape index (κ3) is 1.67. The fourth-order valence-electron chi connectivity index (χ4n) is 2.63. The average molecular weight is 205 g/mol. The molecule has 2 aliphatic rings. The van der Waals surface area contributed by atoms with E-state index in [9.17, 15) is 4.39 Å². The van der Waals surface area contributed by atoms with Crippen molar-refractivity contribution in [3.8, 4) is 0 Å². The molecule has 0 bridgehead atoms. The standard InChI is InChI=1S/C13H16FN/c14-12-5-6-13(12)15-11-7-9-3-1-2-4-10(9)8-11/h1-4,11-13,15H,5-8H2. The van der Waals surface area contributed by atoms with Crippen LogP contribution in [0.4, 0.5) is 4.39 Å². The first-order valence-electron chi connectivity index (χ1n) is 5.80. The van der Waals surface area contributed by atoms with Crippen LogP contribution >= 0.6 is 0 Å². The fraction of sp³-hybridized carbons (Fsp3) is 0.538. The Morgan fingerprint density at radius 1 is 1.07 bits per heavy atom. The molecule has 1 nitrogen and oxygen atoms in total. The van der Waals surface area contributed by atoms with Gasteiger partial charge in [0.05, 0.1) is 0 Å². The van der Waals surface area contributed by atoms with Gasteiger partial charge in [-0.25, -0.2) is 4.39 Å². The Morgan fingerprint density at radius 2 is 1.73 bits per heavy atom. The summed E-state index contributed by atoms with van der Waals surface area (Å²) in [6.07, 6.45) is 3.29. The zero-order valence-electron chi connectivity index (χ0n) is 8.75. The quantitative estimate of drug-likeness (QED) is 0.780. The molecule has 0 aromatic heterocycles. The van der Waals surface area contributed by atoms with E-state index in [0.29, 0.717) is 6.04 Å². The molecule has 80 valence electrons. The minimum absolute atomic E-state index is 0.129. The predicted molar refractivity (Wildman–Crippen MR) is 58.7 cm³/mol. The lowest BCUT2D eigenvalue weighted by Gasteiger charge is -2.33. The molecule has 0 radical (unpaired) electrons. The first-order valence-corrected chi connectivity index (χ1v) is 5.80. The SMILES string of the molecule is FC1CCC1NC1Cc2ccccc2C1. The molecule has 1 aromatic carbocycles. The maximum atomic E-state index is 13.1. The molecule has 2 unspecified atom stereocenters. The van der Waals surface area contributed by atoms with Crippen LogP contribution in [0.15, 0.2) is 24.3 Å². The molecule has 2 heteroatoms. The number of halogens is 1. The summed E-state index contributed by atoms with van der Waals surface area (Å²) in [7, 11) is 0. The summed E-state index contributed by atoms with van der Waals surface area (Å²) in [6.45, 7) is 0. The van der Waals surface area contributed by atoms with Crippen molar-refractivity contribution in [2.24, 2.45) is 0 Å². The highest BCUT2D eigenvalue weighted by Gasteiger charge is 2.33. The van der Waals surface area contributed by atoms with Gasteiger partial charge in [0.1, 0.15) is 6.17 Å². The van der Waals surface area contributed by atoms with Crippen LogP contribution in [-0.2, 0) is 12.8 Å². The van der Waals surface area contributed by atoms with Gasteiger partial charge in [0.15, 0.2) is 0 Å². The topological polar surface area (TPSA) is 12.0 Å². The number of alkyl halides is 1. The molecule has 0 spiro atoms. The van der Waals surface area contributed by atoms with E-state index < -0.39 is 6.17 Å². The van der Waals surface area contributed by atoms with E-state index in [4.69, 9.17) is 0 Å². The van der Waals surface area contributed by atoms with Gasteiger partial charge in [-0.1, -0.05) is 24.3 Å². The van der Waals surface area contributed by atoms with Crippen molar-refractivity contribution in [3.63, 3.8) is 0 Å². The van der Waals surface area contributed by atoms with Crippen molar-refractivity contribution in [3.05, 3.63) is 35.4 Å². The fourth-order valence-corrected chi connectivity index (χ4v) is 2.63. The molecular formula is C13H16FN. The van der Waals surface area contributed by atoms with Gasteiger partial charge in [-0.2, -0.15) is 0 Å². The second-order valence-electron chi connectivity index (χ2n) is 4.74. The Bertz CT molecular complexity index is 338. The zero-order valence-corrected chi connectivity index (χ0v) is 8.75. The Morgan fingerprint density at radius 3 is 2.20 bits per heavy atom. The predicted octanol–water partition coefficient (Wildman–Crippen LogP) is 2.24. The molecule has 3 rings (SSSR count). The minimum atomic E-state index is -0.603. The molecule has 2 aliphatic carbocycles. The van der Waals surface area contributed by atoms with E-state index in [1.165, 1.54) is 11.1 Å². The van der Waals surface area contributed by atoms with Crippen LogP contribution in [0.1, 0.15) is 24.0 Å². The Kier molecular flexibility index (Phi) is 2.24. The molecule has 15 heavy (non-hydrogen) atoms. The highest BCUT2D eigenvalue weighted by molar-refractivity contribution is 5.33. The number of hydrogen-bond donors (Lipinski definition) is 1. The van der Waals surface area contributed by atoms with Gasteiger partial charge < -0.3 is 5.32 Å². The normalized spacial score (nSPS) is 29.9. The largest absolute Gasteiger partial charge is 0.308 e. The van der Waals surface area contributed by atoms with Gasteiger partial charge in [-0.15, -0.1) is 0 Å². The summed E-state index contributed by atoms with van der Waals surface area (Å²) in [5, 5.41) is 3.44. The minimum Gasteiger partial charge on any atom is -0.308 e. The molecular weight excluding hydrogens is 189 g/mol. The van der Waals surface area contributed by atoms with Crippen molar-refractivity contribution < 1.29 is 4.39 Å². The Balaban J connectivity index is 1.64. The summed E-state index contributed by atoms with van der Waals surface area (Å²) in [5.74, 6) is 0. The van der Waals surface area contributed by atoms with E-state index >= 15 is 0 Å². The molecule has 0 amide bonds. The van der Waals surface area contributed by atoms with E-state index in [1.807, 2.05) is 0 Å². The number of benzene rings is 1. The Labute approximate surface area is 89.7 Å². The van der Waals surface area contributed by atoms with Crippen LogP contribution in [0.5, 0.6) is 0 Å². The summed E-state index contributed by atoms with van der Waals surface area (Å²) in [6, 6.07) is 9.13. The second kappa shape index (κ2) is 3.60. The van der Waals surface area contributed by atoms with Crippen LogP contribution in [-0.4, -0.2) is 18.3 Å². The molecule has 0 aliphatic heterocycles. The van der Waals surface area contributed by atoms with Gasteiger partial charge >= 0.3 is 0 Å². The molecule has 2 atom stereocenters. The number of rotatable bonds is 2. The van der Waals surface area contributed by atoms with Gasteiger partial charge in [0, 0.05) is 12.1 Å². The first kappa shape index (κ1) is 9.34. The molecule has 1 N–H and O–H groups in total. The van der Waals surface area contributed by atoms with Crippen LogP contribution in [0, 0.1) is 0 Å². The number of fused-ring (bicyclic) bond motifs is 1. The molecule has 1 aromatic rings. The van der Waals surface area contributed by atoms with E-state index in [0.717, 1.165) is 25.7 Å². The van der Waals surface area contributed by atoms with Gasteiger partial charge in [-0.05, 0) is 36.8 Å². The lowest BCUT2D eigenvalue weighted by Crippen LogP contribution is -2.50. The smallest absolute Gasteiger partial charge is 0.115 e. The van der Waals surface area contributed by atoms with Crippen molar-refractivity contribution in [1.82, 2.24) is 5.32 Å². The van der Waals surface area contributed by atoms with Crippen molar-refractivity contribution in [2.75, 3.05) is 0 Å². The Hall–Kier alpha value is -0.890. The van der Waals surface area contributed by atoms with Gasteiger partial charge in [-0.3, -0.25) is 0 Å². The highest BCUT2D eigenvalue weighted by Crippen LogP contribution is 2.27. The molecule has 0 saturated heterocycles. The van der Waals surface area contributed by atoms with E-state index in [-0.39, 0.29) is 6.04 Å². The summed E-state index contributed by atoms with van der Waals surface area (Å²) >= 11 is 0. The first-order chi connectivity index (χ1) is 7.33. The zero-order chi connectivity index (χ0) is 10.3. The van der Waals surface area contributed by atoms with Gasteiger partial charge in [0.25, 0.3) is 0 Å². The lowest BCUT2D eigenvalue weighted by atomic mass is 9.89. The van der Waals surface area contributed by atoms with Crippen LogP contribution in [0.25, 0.3) is 0 Å². The van der Waals surface area contributed by atoms with Gasteiger partial charge in [0.2, 0.25) is 0 Å². The summed E-state index contributed by atoms with van der Waals surface area (Å²) in [5.41, 5.74) is 2.87. The van der Waals surface area contributed by atoms with E-state index in [1.54, 1.807) is 0 Å². The van der Waals surface area contributed by atoms with Crippen LogP contribution < -0.4 is 5.32 Å². The molecule has 1 saturated carbocycles. The monoisotopic (exact) mass is 205 g/mol. The second-order valence-corrected chi connectivity index (χ2v) is 4.74. The number of hydrogen-bond acceptors (Lipinski definition) is 1. The van der Waals surface area contributed by atoms with Crippen LogP contribution in [0.2, 0.25) is 0 Å². The third-order valence-electron chi connectivity index (χ3n) is 3.69. The van der Waals surface area contributed by atoms with Crippen molar-refractivity contribution >= 4 is 0 Å². The molecule has 1 fully saturated rings. The average Bonchev–Trinajstić information content (AvgIpc) is 2.66. The maximum Gasteiger partial charge on any atom is 0.115 e. The molecule has 0 heterocycles. The maximum absolute atomic E-state index is 13.1. The summed E-state index contributed by atoms with van der Waals surface area (Å²) in [4.78, 5) is 0. The van der Waals surface area contributed by atoms with Crippen molar-refractivity contribution in [1.29, 1.82) is 0 Å². The van der Waals surface area contributed by atoms with Crippen molar-refractivity contribution in [2.45, 2.75) is 43.9 Å². The van der Waals surface area contributed by atoms with E-state index in [2.05, 4.69) is 29.6 Å².